The van der Waals surface area contributed by atoms with Crippen LogP contribution in [0.1, 0.15) is 22.3 Å². The largest absolute Gasteiger partial charge is 0.0825 e. The molecular weight excluding hydrogens is 423 g/mol. The molecular formula is C30H17PS. The van der Waals surface area contributed by atoms with Gasteiger partial charge in [-0.25, -0.2) is 0 Å². The first-order chi connectivity index (χ1) is 15.8. The molecule has 0 spiro atoms. The summed E-state index contributed by atoms with van der Waals surface area (Å²) in [6, 6.07) is 35.6. The van der Waals surface area contributed by atoms with Gasteiger partial charge in [-0.3, -0.25) is 0 Å². The van der Waals surface area contributed by atoms with Gasteiger partial charge in [0.05, 0.1) is 0 Å². The van der Waals surface area contributed by atoms with E-state index in [0.29, 0.717) is 0 Å². The molecule has 0 saturated carbocycles. The summed E-state index contributed by atoms with van der Waals surface area (Å²) in [6.07, 6.45) is 0. The molecule has 148 valence electrons. The van der Waals surface area contributed by atoms with Crippen molar-refractivity contribution in [3.63, 3.8) is 0 Å². The van der Waals surface area contributed by atoms with Crippen LogP contribution in [0.25, 0.3) is 43.3 Å². The van der Waals surface area contributed by atoms with Gasteiger partial charge < -0.3 is 0 Å². The molecule has 0 N–H and O–H groups in total. The molecule has 2 heteroatoms. The maximum Gasteiger partial charge on any atom is 0.0404 e. The summed E-state index contributed by atoms with van der Waals surface area (Å²) in [5, 5.41) is 9.46. The van der Waals surface area contributed by atoms with E-state index in [4.69, 9.17) is 11.8 Å². The molecule has 0 saturated heterocycles. The average molecular weight is 441 g/mol. The molecule has 1 heterocycles. The smallest absolute Gasteiger partial charge is 0.0404 e. The van der Waals surface area contributed by atoms with Gasteiger partial charge in [-0.2, -0.15) is 0 Å². The fraction of sp³-hybridized carbons (Fsp3) is 0. The Bertz CT molecular complexity index is 1670. The summed E-state index contributed by atoms with van der Waals surface area (Å²) in [5.41, 5.74) is 8.19. The first kappa shape index (κ1) is 17.3. The number of hydrogen-bond acceptors (Lipinski definition) is 1. The molecule has 32 heavy (non-hydrogen) atoms. The van der Waals surface area contributed by atoms with Crippen molar-refractivity contribution in [2.24, 2.45) is 0 Å². The Labute approximate surface area is 191 Å². The van der Waals surface area contributed by atoms with E-state index in [1.54, 1.807) is 0 Å². The Morgan fingerprint density at radius 3 is 1.34 bits per heavy atom. The van der Waals surface area contributed by atoms with E-state index in [2.05, 4.69) is 103 Å². The maximum absolute atomic E-state index is 6.89. The first-order valence-electron chi connectivity index (χ1n) is 11.0. The molecule has 0 amide bonds. The normalized spacial score (nSPS) is 16.9. The fourth-order valence-electron chi connectivity index (χ4n) is 6.19. The number of hydrogen-bond donors (Lipinski definition) is 0. The quantitative estimate of drug-likeness (QED) is 0.239. The maximum atomic E-state index is 6.89. The zero-order valence-electron chi connectivity index (χ0n) is 17.2. The summed E-state index contributed by atoms with van der Waals surface area (Å²) in [4.78, 5) is 0. The number of allylic oxidation sites excluding steroid dienone is 2. The van der Waals surface area contributed by atoms with E-state index in [0.717, 1.165) is 0 Å². The van der Waals surface area contributed by atoms with Crippen LogP contribution in [-0.2, 0) is 11.8 Å². The highest BCUT2D eigenvalue weighted by atomic mass is 32.4. The molecule has 0 aromatic heterocycles. The van der Waals surface area contributed by atoms with E-state index in [-0.39, 0.29) is 0 Å². The van der Waals surface area contributed by atoms with Crippen LogP contribution < -0.4 is 5.30 Å². The summed E-state index contributed by atoms with van der Waals surface area (Å²) >= 11 is 6.89. The Hall–Kier alpha value is -3.25. The second kappa shape index (κ2) is 5.75. The molecule has 2 aliphatic carbocycles. The average Bonchev–Trinajstić information content (AvgIpc) is 3.45. The molecule has 0 unspecified atom stereocenters. The number of fused-ring (bicyclic) bond motifs is 5. The van der Waals surface area contributed by atoms with Gasteiger partial charge in [-0.05, 0) is 49.1 Å². The van der Waals surface area contributed by atoms with E-state index in [1.807, 2.05) is 0 Å². The van der Waals surface area contributed by atoms with Crippen LogP contribution >= 0.6 is 6.04 Å². The Kier molecular flexibility index (Phi) is 3.11. The summed E-state index contributed by atoms with van der Waals surface area (Å²) in [5.74, 6) is 0. The zero-order chi connectivity index (χ0) is 21.0. The highest BCUT2D eigenvalue weighted by Crippen LogP contribution is 2.81. The van der Waals surface area contributed by atoms with Crippen molar-refractivity contribution < 1.29 is 0 Å². The molecule has 0 fully saturated rings. The lowest BCUT2D eigenvalue weighted by molar-refractivity contribution is 1.69. The van der Waals surface area contributed by atoms with Crippen LogP contribution in [0.2, 0.25) is 0 Å². The van der Waals surface area contributed by atoms with E-state index in [1.165, 1.54) is 70.9 Å². The van der Waals surface area contributed by atoms with Gasteiger partial charge in [0, 0.05) is 27.8 Å². The van der Waals surface area contributed by atoms with Gasteiger partial charge in [0.15, 0.2) is 0 Å². The Morgan fingerprint density at radius 1 is 0.438 bits per heavy atom. The second-order valence-corrected chi connectivity index (χ2v) is 13.1. The molecule has 1 aliphatic heterocycles. The van der Waals surface area contributed by atoms with Gasteiger partial charge in [0.25, 0.3) is 0 Å². The summed E-state index contributed by atoms with van der Waals surface area (Å²) < 4.78 is 0. The molecule has 3 aliphatic rings. The molecule has 5 aromatic rings. The van der Waals surface area contributed by atoms with Crippen molar-refractivity contribution in [1.29, 1.82) is 0 Å². The van der Waals surface area contributed by atoms with Gasteiger partial charge in [0.2, 0.25) is 0 Å². The third-order valence-electron chi connectivity index (χ3n) is 7.33. The van der Waals surface area contributed by atoms with E-state index in [9.17, 15) is 0 Å². The van der Waals surface area contributed by atoms with Gasteiger partial charge in [-0.1, -0.05) is 115 Å². The Morgan fingerprint density at radius 2 is 0.875 bits per heavy atom. The lowest BCUT2D eigenvalue weighted by Gasteiger charge is -2.25. The van der Waals surface area contributed by atoms with Crippen LogP contribution in [0.5, 0.6) is 0 Å². The van der Waals surface area contributed by atoms with Crippen LogP contribution in [0.4, 0.5) is 0 Å². The van der Waals surface area contributed by atoms with Crippen molar-refractivity contribution in [3.8, 4) is 0 Å². The lowest BCUT2D eigenvalue weighted by atomic mass is 9.94. The van der Waals surface area contributed by atoms with Crippen LogP contribution in [0, 0.1) is 0 Å². The zero-order valence-corrected chi connectivity index (χ0v) is 18.9. The van der Waals surface area contributed by atoms with Gasteiger partial charge >= 0.3 is 0 Å². The van der Waals surface area contributed by atoms with Crippen molar-refractivity contribution in [2.75, 3.05) is 0 Å². The highest BCUT2D eigenvalue weighted by molar-refractivity contribution is 8.28. The predicted molar refractivity (Wildman–Crippen MR) is 142 cm³/mol. The third kappa shape index (κ3) is 1.82. The van der Waals surface area contributed by atoms with E-state index < -0.39 is 6.04 Å². The molecule has 0 bridgehead atoms. The minimum absolute atomic E-state index is 1.29. The van der Waals surface area contributed by atoms with E-state index >= 15 is 0 Å². The van der Waals surface area contributed by atoms with Crippen LogP contribution in [0.15, 0.2) is 103 Å². The number of rotatable bonds is 1. The Balaban J connectivity index is 1.60. The topological polar surface area (TPSA) is 0 Å². The SMILES string of the molecule is S=P1(c2ccccc2)C2=C(C3=C1c1cccc4cccc3c14)c1cccc3cccc2c13. The lowest BCUT2D eigenvalue weighted by Crippen LogP contribution is -2.05. The second-order valence-electron chi connectivity index (χ2n) is 8.81. The molecule has 0 radical (unpaired) electrons. The van der Waals surface area contributed by atoms with Gasteiger partial charge in [0.1, 0.15) is 0 Å². The molecule has 8 rings (SSSR count). The highest BCUT2D eigenvalue weighted by Gasteiger charge is 2.48. The van der Waals surface area contributed by atoms with Crippen LogP contribution in [0.3, 0.4) is 0 Å². The van der Waals surface area contributed by atoms with Gasteiger partial charge in [-0.15, -0.1) is 0 Å². The minimum atomic E-state index is -2.22. The summed E-state index contributed by atoms with van der Waals surface area (Å²) in [7, 11) is 0. The molecule has 0 nitrogen and oxygen atoms in total. The monoisotopic (exact) mass is 440 g/mol. The third-order valence-corrected chi connectivity index (χ3v) is 12.3. The van der Waals surface area contributed by atoms with Crippen LogP contribution in [-0.4, -0.2) is 0 Å². The van der Waals surface area contributed by atoms with Crippen molar-refractivity contribution in [1.82, 2.24) is 0 Å². The standard InChI is InChI=1S/C30H17PS/c32-31(20-12-2-1-3-13-20)29-23-16-6-10-18-8-4-14-21(25(18)23)27(29)28-22-15-5-9-19-11-7-17-24(26(19)22)30(28)31/h1-17H. The predicted octanol–water partition coefficient (Wildman–Crippen LogP) is 7.88. The fourth-order valence-corrected chi connectivity index (χ4v) is 11.2. The molecule has 0 atom stereocenters. The van der Waals surface area contributed by atoms with Crippen molar-refractivity contribution in [3.05, 3.63) is 125 Å². The van der Waals surface area contributed by atoms with Crippen molar-refractivity contribution in [2.45, 2.75) is 0 Å². The minimum Gasteiger partial charge on any atom is -0.0825 e. The first-order valence-corrected chi connectivity index (χ1v) is 13.8. The molecule has 5 aromatic carbocycles. The number of benzene rings is 5. The summed E-state index contributed by atoms with van der Waals surface area (Å²) in [6.45, 7) is 0. The van der Waals surface area contributed by atoms with Crippen molar-refractivity contribution >= 4 is 66.5 Å².